The van der Waals surface area contributed by atoms with Crippen LogP contribution in [0.4, 0.5) is 32.3 Å². The van der Waals surface area contributed by atoms with Gasteiger partial charge in [-0.25, -0.2) is 9.97 Å². The number of aromatic nitrogens is 2. The minimum absolute atomic E-state index is 0.0750. The van der Waals surface area contributed by atoms with Gasteiger partial charge in [0.05, 0.1) is 22.5 Å². The number of nitrogens with one attached hydrogen (secondary N) is 1. The van der Waals surface area contributed by atoms with Gasteiger partial charge in [0, 0.05) is 58.1 Å². The van der Waals surface area contributed by atoms with Gasteiger partial charge >= 0.3 is 12.4 Å². The Balaban J connectivity index is 1.50. The van der Waals surface area contributed by atoms with Crippen LogP contribution in [0.1, 0.15) is 25.3 Å². The van der Waals surface area contributed by atoms with E-state index < -0.39 is 23.5 Å². The predicted octanol–water partition coefficient (Wildman–Crippen LogP) is 3.21. The summed E-state index contributed by atoms with van der Waals surface area (Å²) in [6.45, 7) is 6.88. The third kappa shape index (κ3) is 6.53. The van der Waals surface area contributed by atoms with E-state index in [1.807, 2.05) is 0 Å². The first kappa shape index (κ1) is 27.4. The monoisotopic (exact) mass is 519 g/mol. The minimum Gasteiger partial charge on any atom is -0.339 e. The van der Waals surface area contributed by atoms with Gasteiger partial charge in [-0.3, -0.25) is 15.1 Å². The van der Waals surface area contributed by atoms with Crippen molar-refractivity contribution in [3.05, 3.63) is 41.4 Å². The second-order valence-corrected chi connectivity index (χ2v) is 8.48. The molecule has 2 aliphatic heterocycles. The maximum Gasteiger partial charge on any atom is 0.419 e. The van der Waals surface area contributed by atoms with Crippen LogP contribution in [0.3, 0.4) is 0 Å². The lowest BCUT2D eigenvalue weighted by atomic mass is 9.96. The summed E-state index contributed by atoms with van der Waals surface area (Å²) < 4.78 is 78.4. The number of amides is 1. The van der Waals surface area contributed by atoms with E-state index in [9.17, 15) is 31.1 Å². The quantitative estimate of drug-likeness (QED) is 0.558. The molecule has 0 spiro atoms. The molecule has 0 unspecified atom stereocenters. The molecule has 0 saturated carbocycles. The fourth-order valence-electron chi connectivity index (χ4n) is 4.00. The van der Waals surface area contributed by atoms with Crippen LogP contribution in [0.25, 0.3) is 0 Å². The Morgan fingerprint density at radius 3 is 2.22 bits per heavy atom. The average molecular weight is 519 g/mol. The van der Waals surface area contributed by atoms with E-state index in [1.165, 1.54) is 0 Å². The van der Waals surface area contributed by atoms with Gasteiger partial charge in [0.25, 0.3) is 0 Å². The molecule has 0 aliphatic carbocycles. The van der Waals surface area contributed by atoms with Crippen LogP contribution in [0.5, 0.6) is 0 Å². The maximum absolute atomic E-state index is 13.5. The summed E-state index contributed by atoms with van der Waals surface area (Å²) >= 11 is 0. The van der Waals surface area contributed by atoms with Crippen LogP contribution < -0.4 is 10.3 Å². The summed E-state index contributed by atoms with van der Waals surface area (Å²) in [5, 5.41) is 4.03. The Morgan fingerprint density at radius 1 is 1.08 bits per heavy atom. The Morgan fingerprint density at radius 2 is 1.69 bits per heavy atom. The molecule has 14 heteroatoms. The van der Waals surface area contributed by atoms with Crippen molar-refractivity contribution in [2.45, 2.75) is 32.1 Å². The van der Waals surface area contributed by atoms with Gasteiger partial charge in [0.1, 0.15) is 0 Å². The molecule has 8 nitrogen and oxygen atoms in total. The summed E-state index contributed by atoms with van der Waals surface area (Å²) in [6.07, 6.45) is -7.33. The molecule has 1 N–H and O–H groups in total. The van der Waals surface area contributed by atoms with E-state index in [2.05, 4.69) is 27.1 Å². The lowest BCUT2D eigenvalue weighted by molar-refractivity contribution is -0.138. The zero-order valence-electron chi connectivity index (χ0n) is 19.9. The van der Waals surface area contributed by atoms with Gasteiger partial charge in [-0.15, -0.1) is 0 Å². The SMILES string of the molecule is C=C1NN=C(CN(C)CCC(=O)N2CCN(c3ncc(C(F)(F)F)cn3)CC2)C(CC)=C1C(F)(F)F. The van der Waals surface area contributed by atoms with E-state index in [-0.39, 0.29) is 48.2 Å². The highest BCUT2D eigenvalue weighted by Crippen LogP contribution is 2.35. The number of hydrogen-bond acceptors (Lipinski definition) is 7. The Kier molecular flexibility index (Phi) is 8.26. The van der Waals surface area contributed by atoms with Gasteiger partial charge < -0.3 is 9.80 Å². The van der Waals surface area contributed by atoms with E-state index in [4.69, 9.17) is 0 Å². The summed E-state index contributed by atoms with van der Waals surface area (Å²) in [5.41, 5.74) is 0.638. The fraction of sp³-hybridized carbons (Fsp3) is 0.545. The Labute approximate surface area is 204 Å². The normalized spacial score (nSPS) is 17.5. The number of allylic oxidation sites excluding steroid dienone is 1. The third-order valence-corrected chi connectivity index (χ3v) is 5.92. The second kappa shape index (κ2) is 10.8. The summed E-state index contributed by atoms with van der Waals surface area (Å²) in [6, 6.07) is 0. The fourth-order valence-corrected chi connectivity index (χ4v) is 4.00. The number of carbonyl (C=O) groups is 1. The molecule has 3 heterocycles. The van der Waals surface area contributed by atoms with E-state index in [0.717, 1.165) is 12.4 Å². The molecule has 1 aromatic heterocycles. The number of rotatable bonds is 7. The number of anilines is 1. The van der Waals surface area contributed by atoms with Crippen LogP contribution in [0, 0.1) is 0 Å². The zero-order chi connectivity index (χ0) is 26.7. The van der Waals surface area contributed by atoms with Crippen molar-refractivity contribution in [1.82, 2.24) is 25.2 Å². The van der Waals surface area contributed by atoms with Crippen molar-refractivity contribution in [2.75, 3.05) is 51.2 Å². The number of piperazine rings is 1. The van der Waals surface area contributed by atoms with Gasteiger partial charge in [-0.05, 0) is 19.0 Å². The summed E-state index contributed by atoms with van der Waals surface area (Å²) in [7, 11) is 1.69. The third-order valence-electron chi connectivity index (χ3n) is 5.92. The van der Waals surface area contributed by atoms with Gasteiger partial charge in [0.15, 0.2) is 0 Å². The lowest BCUT2D eigenvalue weighted by Gasteiger charge is -2.35. The van der Waals surface area contributed by atoms with Crippen molar-refractivity contribution in [1.29, 1.82) is 0 Å². The van der Waals surface area contributed by atoms with Crippen LogP contribution in [0.2, 0.25) is 0 Å². The molecule has 0 bridgehead atoms. The number of carbonyl (C=O) groups excluding carboxylic acids is 1. The largest absolute Gasteiger partial charge is 0.419 e. The van der Waals surface area contributed by atoms with Crippen molar-refractivity contribution in [2.24, 2.45) is 5.10 Å². The van der Waals surface area contributed by atoms with Crippen molar-refractivity contribution in [3.8, 4) is 0 Å². The van der Waals surface area contributed by atoms with Crippen LogP contribution in [-0.2, 0) is 11.0 Å². The number of hydrogen-bond donors (Lipinski definition) is 1. The minimum atomic E-state index is -4.56. The molecule has 198 valence electrons. The molecule has 1 saturated heterocycles. The average Bonchev–Trinajstić information content (AvgIpc) is 2.82. The lowest BCUT2D eigenvalue weighted by Crippen LogP contribution is -2.49. The molecular weight excluding hydrogens is 492 g/mol. The smallest absolute Gasteiger partial charge is 0.339 e. The molecule has 3 rings (SSSR count). The van der Waals surface area contributed by atoms with Crippen LogP contribution in [0.15, 0.2) is 40.9 Å². The summed E-state index contributed by atoms with van der Waals surface area (Å²) in [5.74, 6) is 0.0338. The highest BCUT2D eigenvalue weighted by atomic mass is 19.4. The first-order chi connectivity index (χ1) is 16.8. The van der Waals surface area contributed by atoms with Crippen molar-refractivity contribution >= 4 is 17.6 Å². The first-order valence-corrected chi connectivity index (χ1v) is 11.2. The molecule has 0 radical (unpaired) electrons. The number of alkyl halides is 6. The molecule has 1 amide bonds. The topological polar surface area (TPSA) is 77.0 Å². The Bertz CT molecular complexity index is 1020. The molecule has 2 aliphatic rings. The predicted molar refractivity (Wildman–Crippen MR) is 121 cm³/mol. The van der Waals surface area contributed by atoms with Crippen LogP contribution >= 0.6 is 0 Å². The van der Waals surface area contributed by atoms with Gasteiger partial charge in [0.2, 0.25) is 11.9 Å². The number of halogens is 6. The highest BCUT2D eigenvalue weighted by Gasteiger charge is 2.40. The maximum atomic E-state index is 13.5. The molecule has 0 aromatic carbocycles. The summed E-state index contributed by atoms with van der Waals surface area (Å²) in [4.78, 5) is 25.3. The van der Waals surface area contributed by atoms with Crippen molar-refractivity contribution < 1.29 is 31.1 Å². The van der Waals surface area contributed by atoms with Gasteiger partial charge in [-0.1, -0.05) is 13.5 Å². The molecule has 36 heavy (non-hydrogen) atoms. The van der Waals surface area contributed by atoms with E-state index in [1.54, 1.807) is 28.7 Å². The Hall–Kier alpha value is -3.16. The van der Waals surface area contributed by atoms with Crippen molar-refractivity contribution in [3.63, 3.8) is 0 Å². The zero-order valence-corrected chi connectivity index (χ0v) is 19.9. The number of nitrogens with zero attached hydrogens (tertiary/aromatic N) is 6. The molecular formula is C22H27F6N7O. The van der Waals surface area contributed by atoms with Gasteiger partial charge in [-0.2, -0.15) is 31.4 Å². The standard InChI is InChI=1S/C22H27F6N7O/c1-4-16-17(32-31-14(2)19(16)22(26,27)28)13-33(3)6-5-18(36)34-7-9-35(10-8-34)20-29-11-15(12-30-20)21(23,24)25/h11-12,31H,2,4-10,13H2,1,3H3. The van der Waals surface area contributed by atoms with E-state index >= 15 is 0 Å². The molecule has 1 aromatic rings. The first-order valence-electron chi connectivity index (χ1n) is 11.2. The highest BCUT2D eigenvalue weighted by molar-refractivity contribution is 6.03. The van der Waals surface area contributed by atoms with E-state index in [0.29, 0.717) is 32.7 Å². The van der Waals surface area contributed by atoms with Crippen LogP contribution in [-0.4, -0.2) is 83.9 Å². The second-order valence-electron chi connectivity index (χ2n) is 8.48. The molecule has 0 atom stereocenters. The molecule has 1 fully saturated rings. The number of hydrazone groups is 1.